The lowest BCUT2D eigenvalue weighted by atomic mass is 10.1. The molecule has 224 valence electrons. The first-order chi connectivity index (χ1) is 20.2. The Hall–Kier alpha value is -3.85. The first-order valence-electron chi connectivity index (χ1n) is 14.5. The van der Waals surface area contributed by atoms with Crippen LogP contribution in [-0.4, -0.2) is 50.0 Å². The Morgan fingerprint density at radius 1 is 0.952 bits per heavy atom. The van der Waals surface area contributed by atoms with Crippen LogP contribution in [0.5, 0.6) is 5.75 Å². The average molecular weight is 592 g/mol. The molecule has 0 saturated heterocycles. The van der Waals surface area contributed by atoms with E-state index in [1.807, 2.05) is 68.4 Å². The molecule has 3 aromatic carbocycles. The maximum atomic E-state index is 14.0. The number of aryl methyl sites for hydroxylation is 1. The minimum atomic E-state index is -3.82. The van der Waals surface area contributed by atoms with E-state index in [4.69, 9.17) is 4.74 Å². The van der Waals surface area contributed by atoms with Gasteiger partial charge in [0.15, 0.2) is 0 Å². The second kappa shape index (κ2) is 14.4. The van der Waals surface area contributed by atoms with E-state index < -0.39 is 28.5 Å². The van der Waals surface area contributed by atoms with Gasteiger partial charge in [-0.05, 0) is 67.1 Å². The molecule has 0 radical (unpaired) electrons. The summed E-state index contributed by atoms with van der Waals surface area (Å²) in [4.78, 5) is 29.0. The maximum Gasteiger partial charge on any atom is 0.244 e. The van der Waals surface area contributed by atoms with Gasteiger partial charge in [-0.15, -0.1) is 0 Å². The molecule has 8 nitrogen and oxygen atoms in total. The number of anilines is 1. The number of nitrogens with zero attached hydrogens (tertiary/aromatic N) is 2. The lowest BCUT2D eigenvalue weighted by Crippen LogP contribution is -2.53. The van der Waals surface area contributed by atoms with Crippen LogP contribution in [0.25, 0.3) is 0 Å². The quantitative estimate of drug-likeness (QED) is 0.295. The largest absolute Gasteiger partial charge is 0.489 e. The molecule has 1 aliphatic rings. The highest BCUT2D eigenvalue weighted by Gasteiger charge is 2.33. The highest BCUT2D eigenvalue weighted by molar-refractivity contribution is 7.92. The molecule has 0 aliphatic heterocycles. The summed E-state index contributed by atoms with van der Waals surface area (Å²) in [5.74, 6) is -0.0585. The third kappa shape index (κ3) is 8.35. The topological polar surface area (TPSA) is 96.0 Å². The minimum Gasteiger partial charge on any atom is -0.489 e. The van der Waals surface area contributed by atoms with Crippen molar-refractivity contribution in [3.05, 3.63) is 95.6 Å². The summed E-state index contributed by atoms with van der Waals surface area (Å²) in [7, 11) is -3.82. The van der Waals surface area contributed by atoms with Crippen molar-refractivity contribution in [3.63, 3.8) is 0 Å². The molecule has 3 aromatic rings. The van der Waals surface area contributed by atoms with Crippen LogP contribution in [0.3, 0.4) is 0 Å². The Morgan fingerprint density at radius 3 is 2.21 bits per heavy atom. The number of ether oxygens (including phenoxy) is 1. The van der Waals surface area contributed by atoms with Gasteiger partial charge in [0.25, 0.3) is 0 Å². The first-order valence-corrected chi connectivity index (χ1v) is 16.4. The fourth-order valence-corrected chi connectivity index (χ4v) is 6.17. The Morgan fingerprint density at radius 2 is 1.60 bits per heavy atom. The van der Waals surface area contributed by atoms with Crippen molar-refractivity contribution in [1.82, 2.24) is 10.2 Å². The summed E-state index contributed by atoms with van der Waals surface area (Å²) in [5, 5.41) is 3.13. The van der Waals surface area contributed by atoms with Crippen molar-refractivity contribution in [3.8, 4) is 5.75 Å². The summed E-state index contributed by atoms with van der Waals surface area (Å²) in [6.07, 6.45) is 5.50. The number of carbonyl (C=O) groups is 2. The number of sulfonamides is 1. The van der Waals surface area contributed by atoms with E-state index in [1.54, 1.807) is 24.3 Å². The van der Waals surface area contributed by atoms with Gasteiger partial charge in [0.1, 0.15) is 24.9 Å². The van der Waals surface area contributed by atoms with Crippen LogP contribution in [0.15, 0.2) is 78.9 Å². The molecule has 9 heteroatoms. The number of nitrogens with one attached hydrogen (secondary N) is 1. The number of hydrogen-bond donors (Lipinski definition) is 1. The molecule has 1 atom stereocenters. The monoisotopic (exact) mass is 591 g/mol. The Kier molecular flexibility index (Phi) is 10.6. The molecular formula is C33H41N3O5S. The van der Waals surface area contributed by atoms with E-state index in [1.165, 1.54) is 4.90 Å². The van der Waals surface area contributed by atoms with E-state index in [9.17, 15) is 18.0 Å². The molecular weight excluding hydrogens is 550 g/mol. The van der Waals surface area contributed by atoms with Crippen molar-refractivity contribution in [2.75, 3.05) is 17.1 Å². The van der Waals surface area contributed by atoms with Gasteiger partial charge in [0.05, 0.1) is 11.9 Å². The number of amides is 2. The zero-order chi connectivity index (χ0) is 30.1. The van der Waals surface area contributed by atoms with E-state index in [0.717, 1.165) is 52.9 Å². The van der Waals surface area contributed by atoms with Crippen LogP contribution in [0, 0.1) is 6.92 Å². The van der Waals surface area contributed by atoms with Crippen molar-refractivity contribution >= 4 is 27.5 Å². The van der Waals surface area contributed by atoms with Crippen molar-refractivity contribution in [2.24, 2.45) is 0 Å². The maximum absolute atomic E-state index is 14.0. The van der Waals surface area contributed by atoms with Crippen LogP contribution >= 0.6 is 0 Å². The smallest absolute Gasteiger partial charge is 0.244 e. The molecule has 1 N–H and O–H groups in total. The molecule has 1 aliphatic carbocycles. The highest BCUT2D eigenvalue weighted by atomic mass is 32.2. The van der Waals surface area contributed by atoms with Gasteiger partial charge >= 0.3 is 0 Å². The first kappa shape index (κ1) is 31.1. The normalized spacial score (nSPS) is 14.3. The van der Waals surface area contributed by atoms with E-state index in [2.05, 4.69) is 5.32 Å². The van der Waals surface area contributed by atoms with Gasteiger partial charge in [-0.3, -0.25) is 13.9 Å². The second-order valence-corrected chi connectivity index (χ2v) is 12.8. The molecule has 0 spiro atoms. The predicted octanol–water partition coefficient (Wildman–Crippen LogP) is 5.21. The number of rotatable bonds is 13. The van der Waals surface area contributed by atoms with Gasteiger partial charge in [-0.25, -0.2) is 8.42 Å². The highest BCUT2D eigenvalue weighted by Crippen LogP contribution is 2.24. The van der Waals surface area contributed by atoms with Gasteiger partial charge in [-0.2, -0.15) is 0 Å². The van der Waals surface area contributed by atoms with Crippen molar-refractivity contribution < 1.29 is 22.7 Å². The third-order valence-corrected chi connectivity index (χ3v) is 8.88. The van der Waals surface area contributed by atoms with E-state index in [-0.39, 0.29) is 18.5 Å². The molecule has 1 saturated carbocycles. The summed E-state index contributed by atoms with van der Waals surface area (Å²) < 4.78 is 32.8. The summed E-state index contributed by atoms with van der Waals surface area (Å²) >= 11 is 0. The summed E-state index contributed by atoms with van der Waals surface area (Å²) in [6, 6.07) is 23.5. The van der Waals surface area contributed by atoms with Crippen molar-refractivity contribution in [2.45, 2.75) is 71.2 Å². The summed E-state index contributed by atoms with van der Waals surface area (Å²) in [5.41, 5.74) is 3.26. The van der Waals surface area contributed by atoms with Crippen LogP contribution in [0.4, 0.5) is 5.69 Å². The van der Waals surface area contributed by atoms with Gasteiger partial charge in [0.2, 0.25) is 21.8 Å². The number of carbonyl (C=O) groups excluding carboxylic acids is 2. The Labute approximate surface area is 249 Å². The van der Waals surface area contributed by atoms with E-state index >= 15 is 0 Å². The van der Waals surface area contributed by atoms with Crippen LogP contribution in [0.1, 0.15) is 55.7 Å². The summed E-state index contributed by atoms with van der Waals surface area (Å²) in [6.45, 7) is 3.99. The molecule has 0 bridgehead atoms. The molecule has 0 heterocycles. The fourth-order valence-electron chi connectivity index (χ4n) is 5.32. The van der Waals surface area contributed by atoms with Crippen LogP contribution < -0.4 is 14.4 Å². The van der Waals surface area contributed by atoms with Crippen LogP contribution in [-0.2, 0) is 32.8 Å². The molecule has 42 heavy (non-hydrogen) atoms. The van der Waals surface area contributed by atoms with Gasteiger partial charge < -0.3 is 15.0 Å². The third-order valence-electron chi connectivity index (χ3n) is 7.74. The fraction of sp³-hybridized carbons (Fsp3) is 0.394. The number of hydrogen-bond acceptors (Lipinski definition) is 5. The zero-order valence-electron chi connectivity index (χ0n) is 24.7. The van der Waals surface area contributed by atoms with Gasteiger partial charge in [0, 0.05) is 12.6 Å². The molecule has 0 aromatic heterocycles. The lowest BCUT2D eigenvalue weighted by Gasteiger charge is -2.33. The second-order valence-electron chi connectivity index (χ2n) is 10.9. The molecule has 1 fully saturated rings. The van der Waals surface area contributed by atoms with Crippen molar-refractivity contribution in [1.29, 1.82) is 0 Å². The standard InChI is InChI=1S/C33H41N3O5S/c1-4-31(33(38)34-28-16-10-11-17-28)35(22-27-15-9-8-12-25(27)2)32(37)23-36(42(3,39)40)29-18-20-30(21-19-29)41-24-26-13-6-5-7-14-26/h5-9,12-15,18-21,28,31H,4,10-11,16-17,22-24H2,1-3H3,(H,34,38)/t31-/m0/s1. The zero-order valence-corrected chi connectivity index (χ0v) is 25.5. The molecule has 0 unspecified atom stereocenters. The Balaban J connectivity index is 1.55. The Bertz CT molecular complexity index is 1440. The molecule has 4 rings (SSSR count). The SMILES string of the molecule is CC[C@@H](C(=O)NC1CCCC1)N(Cc1ccccc1C)C(=O)CN(c1ccc(OCc2ccccc2)cc1)S(C)(=O)=O. The average Bonchev–Trinajstić information content (AvgIpc) is 3.49. The van der Waals surface area contributed by atoms with Crippen LogP contribution in [0.2, 0.25) is 0 Å². The minimum absolute atomic E-state index is 0.108. The molecule has 2 amide bonds. The van der Waals surface area contributed by atoms with E-state index in [0.29, 0.717) is 24.5 Å². The number of benzene rings is 3. The lowest BCUT2D eigenvalue weighted by molar-refractivity contribution is -0.140. The predicted molar refractivity (Wildman–Crippen MR) is 166 cm³/mol. The van der Waals surface area contributed by atoms with Gasteiger partial charge in [-0.1, -0.05) is 74.4 Å².